The molecule has 2 rings (SSSR count). The van der Waals surface area contributed by atoms with Gasteiger partial charge < -0.3 is 4.74 Å². The lowest BCUT2D eigenvalue weighted by Crippen LogP contribution is -1.87. The molecule has 2 aromatic carbocycles. The van der Waals surface area contributed by atoms with Crippen molar-refractivity contribution >= 4 is 0 Å². The first-order valence-corrected chi connectivity index (χ1v) is 4.60. The van der Waals surface area contributed by atoms with E-state index in [1.807, 2.05) is 42.5 Å². The summed E-state index contributed by atoms with van der Waals surface area (Å²) in [4.78, 5) is 0. The highest BCUT2D eigenvalue weighted by molar-refractivity contribution is 5.45. The van der Waals surface area contributed by atoms with Crippen molar-refractivity contribution in [3.63, 3.8) is 0 Å². The van der Waals surface area contributed by atoms with Gasteiger partial charge >= 0.3 is 0 Å². The van der Waals surface area contributed by atoms with Crippen molar-refractivity contribution in [2.45, 2.75) is 0 Å². The minimum Gasteiger partial charge on any atom is -0.456 e. The van der Waals surface area contributed by atoms with E-state index in [0.717, 1.165) is 5.75 Å². The van der Waals surface area contributed by atoms with E-state index in [-0.39, 0.29) is 0 Å². The summed E-state index contributed by atoms with van der Waals surface area (Å²) in [6.07, 6.45) is 5.34. The van der Waals surface area contributed by atoms with E-state index < -0.39 is 0 Å². The van der Waals surface area contributed by atoms with Crippen LogP contribution in [-0.4, -0.2) is 0 Å². The third kappa shape index (κ3) is 2.18. The molecule has 0 N–H and O–H groups in total. The monoisotopic (exact) mass is 193 g/mol. The van der Waals surface area contributed by atoms with Crippen molar-refractivity contribution in [1.82, 2.24) is 0 Å². The number of hydrogen-bond acceptors (Lipinski definition) is 1. The van der Waals surface area contributed by atoms with E-state index in [1.54, 1.807) is 6.07 Å². The smallest absolute Gasteiger partial charge is 0.143 e. The maximum Gasteiger partial charge on any atom is 0.143 e. The van der Waals surface area contributed by atoms with Crippen LogP contribution in [-0.2, 0) is 0 Å². The molecule has 0 unspecified atom stereocenters. The molecule has 0 aliphatic heterocycles. The molecule has 1 nitrogen and oxygen atoms in total. The molecule has 0 saturated heterocycles. The van der Waals surface area contributed by atoms with Gasteiger partial charge in [-0.3, -0.25) is 0 Å². The van der Waals surface area contributed by atoms with Crippen molar-refractivity contribution in [2.24, 2.45) is 0 Å². The Morgan fingerprint density at radius 3 is 2.60 bits per heavy atom. The van der Waals surface area contributed by atoms with Gasteiger partial charge in [0.1, 0.15) is 11.5 Å². The summed E-state index contributed by atoms with van der Waals surface area (Å²) in [5.74, 6) is 3.97. The zero-order chi connectivity index (χ0) is 10.5. The van der Waals surface area contributed by atoms with Crippen LogP contribution in [0.5, 0.6) is 11.5 Å². The van der Waals surface area contributed by atoms with Gasteiger partial charge in [0.25, 0.3) is 0 Å². The maximum absolute atomic E-state index is 5.63. The first kappa shape index (κ1) is 9.36. The normalized spacial score (nSPS) is 9.27. The summed E-state index contributed by atoms with van der Waals surface area (Å²) < 4.78 is 5.63. The second-order valence-corrected chi connectivity index (χ2v) is 2.97. The van der Waals surface area contributed by atoms with Crippen LogP contribution >= 0.6 is 0 Å². The van der Waals surface area contributed by atoms with Crippen LogP contribution in [0.25, 0.3) is 0 Å². The molecule has 0 aliphatic rings. The molecule has 0 amide bonds. The van der Waals surface area contributed by atoms with E-state index in [0.29, 0.717) is 11.3 Å². The van der Waals surface area contributed by atoms with E-state index in [1.165, 1.54) is 0 Å². The van der Waals surface area contributed by atoms with Crippen LogP contribution in [0, 0.1) is 18.4 Å². The Hall–Kier alpha value is -2.20. The Bertz CT molecular complexity index is 480. The minimum absolute atomic E-state index is 0.640. The van der Waals surface area contributed by atoms with E-state index in [2.05, 4.69) is 12.0 Å². The van der Waals surface area contributed by atoms with Crippen LogP contribution in [0.15, 0.2) is 48.5 Å². The van der Waals surface area contributed by atoms with Crippen LogP contribution in [0.4, 0.5) is 0 Å². The Morgan fingerprint density at radius 1 is 1.07 bits per heavy atom. The summed E-state index contributed by atoms with van der Waals surface area (Å²) in [6.45, 7) is 0. The van der Waals surface area contributed by atoms with Gasteiger partial charge in [-0.2, -0.15) is 0 Å². The fraction of sp³-hybridized carbons (Fsp3) is 0. The van der Waals surface area contributed by atoms with Gasteiger partial charge in [0, 0.05) is 6.07 Å². The molecule has 0 bridgehead atoms. The van der Waals surface area contributed by atoms with Crippen molar-refractivity contribution in [2.75, 3.05) is 0 Å². The summed E-state index contributed by atoms with van der Waals surface area (Å²) in [5.41, 5.74) is 0.640. The molecule has 1 radical (unpaired) electrons. The Balaban J connectivity index is 2.29. The van der Waals surface area contributed by atoms with Gasteiger partial charge in [-0.05, 0) is 18.2 Å². The summed E-state index contributed by atoms with van der Waals surface area (Å²) in [5, 5.41) is 0. The molecule has 15 heavy (non-hydrogen) atoms. The molecule has 1 heteroatoms. The summed E-state index contributed by atoms with van der Waals surface area (Å²) in [6, 6.07) is 17.9. The highest BCUT2D eigenvalue weighted by atomic mass is 16.5. The molecule has 0 aromatic heterocycles. The lowest BCUT2D eigenvalue weighted by molar-refractivity contribution is 0.481. The average Bonchev–Trinajstić information content (AvgIpc) is 2.31. The third-order valence-corrected chi connectivity index (χ3v) is 1.93. The zero-order valence-corrected chi connectivity index (χ0v) is 8.10. The molecular weight excluding hydrogens is 184 g/mol. The molecule has 0 spiro atoms. The number of terminal acetylenes is 1. The fourth-order valence-corrected chi connectivity index (χ4v) is 1.23. The van der Waals surface area contributed by atoms with Crippen LogP contribution in [0.2, 0.25) is 0 Å². The van der Waals surface area contributed by atoms with Crippen LogP contribution in [0.1, 0.15) is 5.56 Å². The predicted octanol–water partition coefficient (Wildman–Crippen LogP) is 3.26. The van der Waals surface area contributed by atoms with Gasteiger partial charge in [-0.25, -0.2) is 0 Å². The molecule has 71 valence electrons. The topological polar surface area (TPSA) is 9.23 Å². The van der Waals surface area contributed by atoms with Crippen molar-refractivity contribution in [1.29, 1.82) is 0 Å². The van der Waals surface area contributed by atoms with E-state index in [9.17, 15) is 0 Å². The molecule has 0 atom stereocenters. The number of ether oxygens (including phenoxy) is 1. The number of para-hydroxylation sites is 1. The van der Waals surface area contributed by atoms with Gasteiger partial charge in [0.05, 0.1) is 5.56 Å². The summed E-state index contributed by atoms with van der Waals surface area (Å²) >= 11 is 0. The molecule has 0 heterocycles. The number of hydrogen-bond donors (Lipinski definition) is 0. The Kier molecular flexibility index (Phi) is 2.71. The second kappa shape index (κ2) is 4.34. The van der Waals surface area contributed by atoms with Gasteiger partial charge in [-0.1, -0.05) is 36.3 Å². The van der Waals surface area contributed by atoms with E-state index >= 15 is 0 Å². The standard InChI is InChI=1S/C14H9O/c1-2-12-8-6-7-11-14(12)15-13-9-4-3-5-10-13/h1,3-7,9-11H. The van der Waals surface area contributed by atoms with Crippen LogP contribution in [0.3, 0.4) is 0 Å². The van der Waals surface area contributed by atoms with Crippen molar-refractivity contribution in [3.05, 3.63) is 60.2 Å². The van der Waals surface area contributed by atoms with Gasteiger partial charge in [-0.15, -0.1) is 6.42 Å². The number of benzene rings is 2. The average molecular weight is 193 g/mol. The maximum atomic E-state index is 5.63. The predicted molar refractivity (Wildman–Crippen MR) is 59.7 cm³/mol. The first-order chi connectivity index (χ1) is 7.40. The lowest BCUT2D eigenvalue weighted by atomic mass is 10.2. The highest BCUT2D eigenvalue weighted by Crippen LogP contribution is 2.23. The molecule has 0 saturated carbocycles. The minimum atomic E-state index is 0.640. The SMILES string of the molecule is C#Cc1[c]cccc1Oc1ccccc1. The molecule has 0 fully saturated rings. The van der Waals surface area contributed by atoms with Crippen molar-refractivity contribution < 1.29 is 4.74 Å². The summed E-state index contributed by atoms with van der Waals surface area (Å²) in [7, 11) is 0. The zero-order valence-electron chi connectivity index (χ0n) is 8.10. The highest BCUT2D eigenvalue weighted by Gasteiger charge is 2.00. The largest absolute Gasteiger partial charge is 0.456 e. The first-order valence-electron chi connectivity index (χ1n) is 4.60. The third-order valence-electron chi connectivity index (χ3n) is 1.93. The van der Waals surface area contributed by atoms with Crippen LogP contribution < -0.4 is 4.74 Å². The molecule has 2 aromatic rings. The quantitative estimate of drug-likeness (QED) is 0.665. The second-order valence-electron chi connectivity index (χ2n) is 2.97. The Morgan fingerprint density at radius 2 is 1.87 bits per heavy atom. The lowest BCUT2D eigenvalue weighted by Gasteiger charge is -2.06. The van der Waals surface area contributed by atoms with Gasteiger partial charge in [0.2, 0.25) is 0 Å². The molecular formula is C14H9O. The number of rotatable bonds is 2. The Labute approximate surface area is 89.3 Å². The van der Waals surface area contributed by atoms with E-state index in [4.69, 9.17) is 11.2 Å². The van der Waals surface area contributed by atoms with Crippen molar-refractivity contribution in [3.8, 4) is 23.8 Å². The van der Waals surface area contributed by atoms with Gasteiger partial charge in [0.15, 0.2) is 0 Å². The molecule has 0 aliphatic carbocycles. The fourth-order valence-electron chi connectivity index (χ4n) is 1.23.